The molecular weight excluding hydrogens is 167 g/mol. The van der Waals surface area contributed by atoms with Gasteiger partial charge < -0.3 is 0 Å². The van der Waals surface area contributed by atoms with Gasteiger partial charge in [0.2, 0.25) is 0 Å². The molecule has 5 atom stereocenters. The Bertz CT molecular complexity index is 254. The monoisotopic (exact) mass is 183 g/mol. The van der Waals surface area contributed by atoms with Gasteiger partial charge in [0.25, 0.3) is 0 Å². The van der Waals surface area contributed by atoms with Crippen molar-refractivity contribution in [2.45, 2.75) is 50.8 Å². The highest BCUT2D eigenvalue weighted by atomic mass is 19.1. The molecule has 4 saturated carbocycles. The van der Waals surface area contributed by atoms with Crippen LogP contribution in [0.1, 0.15) is 39.0 Å². The van der Waals surface area contributed by atoms with Crippen LogP contribution in [0.2, 0.25) is 0 Å². The van der Waals surface area contributed by atoms with Crippen molar-refractivity contribution in [3.05, 3.63) is 0 Å². The van der Waals surface area contributed by atoms with Gasteiger partial charge in [-0.15, -0.1) is 0 Å². The van der Waals surface area contributed by atoms with Crippen LogP contribution in [-0.2, 0) is 5.11 Å². The fourth-order valence-electron chi connectivity index (χ4n) is 4.44. The lowest BCUT2D eigenvalue weighted by Gasteiger charge is -2.59. The predicted octanol–water partition coefficient (Wildman–Crippen LogP) is 2.72. The number of alkyl halides is 1. The van der Waals surface area contributed by atoms with Crippen molar-refractivity contribution in [1.29, 1.82) is 0 Å². The minimum Gasteiger partial charge on any atom is -0.244 e. The van der Waals surface area contributed by atoms with Gasteiger partial charge >= 0.3 is 0 Å². The van der Waals surface area contributed by atoms with E-state index in [1.807, 2.05) is 6.92 Å². The second-order valence-electron chi connectivity index (χ2n) is 5.88. The number of halogens is 1. The van der Waals surface area contributed by atoms with Crippen molar-refractivity contribution in [1.82, 2.24) is 0 Å². The molecule has 0 N–H and O–H groups in total. The van der Waals surface area contributed by atoms with E-state index in [-0.39, 0.29) is 11.3 Å². The van der Waals surface area contributed by atoms with Crippen LogP contribution in [0.15, 0.2) is 0 Å². The molecule has 0 saturated heterocycles. The Morgan fingerprint density at radius 1 is 1.31 bits per heavy atom. The van der Waals surface area contributed by atoms with Crippen molar-refractivity contribution in [3.63, 3.8) is 0 Å². The third-order valence-electron chi connectivity index (χ3n) is 4.51. The Morgan fingerprint density at radius 3 is 2.69 bits per heavy atom. The maximum absolute atomic E-state index is 14.2. The van der Waals surface area contributed by atoms with Crippen molar-refractivity contribution < 1.29 is 9.50 Å². The lowest BCUT2D eigenvalue weighted by Crippen LogP contribution is -2.59. The topological polar surface area (TPSA) is 19.9 Å². The van der Waals surface area contributed by atoms with Gasteiger partial charge in [-0.05, 0) is 43.9 Å². The van der Waals surface area contributed by atoms with Gasteiger partial charge in [0.15, 0.2) is 0 Å². The lowest BCUT2D eigenvalue weighted by atomic mass is 9.48. The highest BCUT2D eigenvalue weighted by Gasteiger charge is 2.61. The standard InChI is InChI=1S/C11H16FO/c1-10-3-7-2-8(9(10)13)5-11(12,4-7)6-10/h7-9H,2-6H2,1H3/t7-,8-,9?,10+,11-/m1/s1. The molecule has 13 heavy (non-hydrogen) atoms. The summed E-state index contributed by atoms with van der Waals surface area (Å²) in [5, 5.41) is 12.0. The van der Waals surface area contributed by atoms with Crippen LogP contribution in [0, 0.1) is 17.3 Å². The van der Waals surface area contributed by atoms with E-state index in [0.717, 1.165) is 19.3 Å². The van der Waals surface area contributed by atoms with E-state index < -0.39 is 11.8 Å². The Kier molecular flexibility index (Phi) is 1.33. The summed E-state index contributed by atoms with van der Waals surface area (Å²) in [6, 6.07) is 0. The van der Waals surface area contributed by atoms with Gasteiger partial charge in [0.05, 0.1) is 0 Å². The molecule has 4 aliphatic carbocycles. The highest BCUT2D eigenvalue weighted by molar-refractivity contribution is 5.10. The second-order valence-corrected chi connectivity index (χ2v) is 5.88. The highest BCUT2D eigenvalue weighted by Crippen LogP contribution is 2.62. The fraction of sp³-hybridized carbons (Fsp3) is 1.00. The molecule has 0 aromatic heterocycles. The predicted molar refractivity (Wildman–Crippen MR) is 46.5 cm³/mol. The molecule has 1 unspecified atom stereocenters. The maximum atomic E-state index is 14.2. The van der Waals surface area contributed by atoms with Crippen LogP contribution in [0.5, 0.6) is 0 Å². The van der Waals surface area contributed by atoms with E-state index in [4.69, 9.17) is 0 Å². The molecule has 0 spiro atoms. The van der Waals surface area contributed by atoms with E-state index >= 15 is 0 Å². The van der Waals surface area contributed by atoms with Crippen molar-refractivity contribution in [3.8, 4) is 0 Å². The van der Waals surface area contributed by atoms with Crippen LogP contribution in [-0.4, -0.2) is 11.8 Å². The number of hydrogen-bond donors (Lipinski definition) is 0. The average molecular weight is 183 g/mol. The molecule has 73 valence electrons. The molecule has 1 nitrogen and oxygen atoms in total. The molecule has 4 fully saturated rings. The van der Waals surface area contributed by atoms with Gasteiger partial charge in [-0.3, -0.25) is 0 Å². The van der Waals surface area contributed by atoms with E-state index in [2.05, 4.69) is 0 Å². The molecule has 0 amide bonds. The Balaban J connectivity index is 2.01. The Labute approximate surface area is 78.3 Å². The Hall–Kier alpha value is -0.110. The number of rotatable bonds is 0. The first-order valence-electron chi connectivity index (χ1n) is 5.36. The second kappa shape index (κ2) is 2.10. The van der Waals surface area contributed by atoms with Crippen LogP contribution in [0.25, 0.3) is 0 Å². The average Bonchev–Trinajstić information content (AvgIpc) is 1.96. The van der Waals surface area contributed by atoms with Gasteiger partial charge in [0.1, 0.15) is 11.8 Å². The third kappa shape index (κ3) is 0.955. The first-order valence-corrected chi connectivity index (χ1v) is 5.36. The zero-order valence-corrected chi connectivity index (χ0v) is 8.05. The fourth-order valence-corrected chi connectivity index (χ4v) is 4.44. The largest absolute Gasteiger partial charge is 0.244 e. The zero-order valence-electron chi connectivity index (χ0n) is 8.05. The van der Waals surface area contributed by atoms with Crippen LogP contribution in [0.4, 0.5) is 4.39 Å². The summed E-state index contributed by atoms with van der Waals surface area (Å²) in [7, 11) is 0. The first-order chi connectivity index (χ1) is 6.01. The van der Waals surface area contributed by atoms with Crippen molar-refractivity contribution >= 4 is 0 Å². The smallest absolute Gasteiger partial charge is 0.112 e. The molecule has 0 aromatic carbocycles. The summed E-state index contributed by atoms with van der Waals surface area (Å²) < 4.78 is 14.2. The first kappa shape index (κ1) is 8.22. The van der Waals surface area contributed by atoms with Gasteiger partial charge in [-0.2, -0.15) is 0 Å². The van der Waals surface area contributed by atoms with Gasteiger partial charge in [-0.1, -0.05) is 6.92 Å². The van der Waals surface area contributed by atoms with E-state index in [9.17, 15) is 9.50 Å². The normalized spacial score (nSPS) is 64.4. The summed E-state index contributed by atoms with van der Waals surface area (Å²) >= 11 is 0. The van der Waals surface area contributed by atoms with Crippen molar-refractivity contribution in [2.75, 3.05) is 0 Å². The Morgan fingerprint density at radius 2 is 2.08 bits per heavy atom. The maximum Gasteiger partial charge on any atom is 0.112 e. The zero-order chi connectivity index (χ0) is 9.27. The third-order valence-corrected chi connectivity index (χ3v) is 4.51. The van der Waals surface area contributed by atoms with E-state index in [1.165, 1.54) is 0 Å². The summed E-state index contributed by atoms with van der Waals surface area (Å²) in [6.07, 6.45) is 3.37. The molecule has 4 bridgehead atoms. The quantitative estimate of drug-likeness (QED) is 0.550. The van der Waals surface area contributed by atoms with Crippen LogP contribution < -0.4 is 0 Å². The van der Waals surface area contributed by atoms with E-state index in [1.54, 1.807) is 0 Å². The van der Waals surface area contributed by atoms with Gasteiger partial charge in [-0.25, -0.2) is 9.50 Å². The lowest BCUT2D eigenvalue weighted by molar-refractivity contribution is -0.207. The minimum absolute atomic E-state index is 0.149. The molecule has 0 aliphatic heterocycles. The summed E-state index contributed by atoms with van der Waals surface area (Å²) in [5.74, 6) is 0.670. The summed E-state index contributed by atoms with van der Waals surface area (Å²) in [6.45, 7) is 2.01. The molecule has 0 aromatic rings. The molecule has 2 heteroatoms. The van der Waals surface area contributed by atoms with Gasteiger partial charge in [0, 0.05) is 5.41 Å². The van der Waals surface area contributed by atoms with E-state index in [0.29, 0.717) is 18.8 Å². The van der Waals surface area contributed by atoms with Crippen molar-refractivity contribution in [2.24, 2.45) is 17.3 Å². The molecule has 4 rings (SSSR count). The molecule has 0 heterocycles. The van der Waals surface area contributed by atoms with Crippen LogP contribution >= 0.6 is 0 Å². The summed E-state index contributed by atoms with van der Waals surface area (Å²) in [5.41, 5.74) is -1.17. The minimum atomic E-state index is -0.957. The van der Waals surface area contributed by atoms with Crippen LogP contribution in [0.3, 0.4) is 0 Å². The summed E-state index contributed by atoms with van der Waals surface area (Å²) in [4.78, 5) is 0. The number of hydrogen-bond acceptors (Lipinski definition) is 0. The molecular formula is C11H16FO. The molecule has 4 aliphatic rings. The SMILES string of the molecule is C[C@]12C[C@H]3C[C@H](C[C@](F)(C3)C1)C2[O]. The molecule has 1 radical (unpaired) electrons.